The van der Waals surface area contributed by atoms with Gasteiger partial charge in [0.1, 0.15) is 11.6 Å². The molecule has 2 rings (SSSR count). The normalized spacial score (nSPS) is 10.2. The van der Waals surface area contributed by atoms with E-state index in [4.69, 9.17) is 4.74 Å². The summed E-state index contributed by atoms with van der Waals surface area (Å²) >= 11 is 0. The second kappa shape index (κ2) is 7.47. The van der Waals surface area contributed by atoms with E-state index in [0.29, 0.717) is 5.95 Å². The van der Waals surface area contributed by atoms with E-state index in [9.17, 15) is 0 Å². The first kappa shape index (κ1) is 15.1. The minimum Gasteiger partial charge on any atom is -0.497 e. The van der Waals surface area contributed by atoms with Crippen molar-refractivity contribution >= 4 is 11.8 Å². The highest BCUT2D eigenvalue weighted by Gasteiger charge is 2.01. The van der Waals surface area contributed by atoms with Crippen LogP contribution in [-0.4, -0.2) is 30.2 Å². The Morgan fingerprint density at radius 1 is 1.14 bits per heavy atom. The second-order valence-corrected chi connectivity index (χ2v) is 4.78. The Labute approximate surface area is 125 Å². The van der Waals surface area contributed by atoms with Gasteiger partial charge in [-0.2, -0.15) is 4.98 Å². The lowest BCUT2D eigenvalue weighted by Gasteiger charge is -2.09. The summed E-state index contributed by atoms with van der Waals surface area (Å²) in [4.78, 5) is 8.76. The van der Waals surface area contributed by atoms with Gasteiger partial charge in [0.25, 0.3) is 0 Å². The van der Waals surface area contributed by atoms with Crippen LogP contribution in [0.3, 0.4) is 0 Å². The Morgan fingerprint density at radius 3 is 2.76 bits per heavy atom. The maximum absolute atomic E-state index is 5.23. The van der Waals surface area contributed by atoms with Gasteiger partial charge in [-0.05, 0) is 38.0 Å². The van der Waals surface area contributed by atoms with E-state index < -0.39 is 0 Å². The molecule has 5 nitrogen and oxygen atoms in total. The number of aromatic nitrogens is 2. The molecular weight excluding hydrogens is 264 g/mol. The van der Waals surface area contributed by atoms with Gasteiger partial charge in [0, 0.05) is 24.8 Å². The number of ether oxygens (including phenoxy) is 1. The fourth-order valence-corrected chi connectivity index (χ4v) is 2.06. The number of methoxy groups -OCH3 is 1. The monoisotopic (exact) mass is 286 g/mol. The van der Waals surface area contributed by atoms with Crippen LogP contribution in [0.4, 0.5) is 11.8 Å². The lowest BCUT2D eigenvalue weighted by atomic mass is 10.1. The highest BCUT2D eigenvalue weighted by molar-refractivity contribution is 5.42. The van der Waals surface area contributed by atoms with Gasteiger partial charge in [-0.25, -0.2) is 4.98 Å². The highest BCUT2D eigenvalue weighted by atomic mass is 16.5. The lowest BCUT2D eigenvalue weighted by molar-refractivity contribution is 0.414. The van der Waals surface area contributed by atoms with Crippen molar-refractivity contribution in [1.82, 2.24) is 9.97 Å². The van der Waals surface area contributed by atoms with Crippen molar-refractivity contribution in [2.45, 2.75) is 20.3 Å². The molecule has 0 aliphatic carbocycles. The first-order valence-corrected chi connectivity index (χ1v) is 7.17. The van der Waals surface area contributed by atoms with Crippen LogP contribution in [0.2, 0.25) is 0 Å². The van der Waals surface area contributed by atoms with Crippen molar-refractivity contribution in [2.75, 3.05) is 30.8 Å². The van der Waals surface area contributed by atoms with Gasteiger partial charge in [0.05, 0.1) is 7.11 Å². The van der Waals surface area contributed by atoms with Crippen molar-refractivity contribution < 1.29 is 4.74 Å². The van der Waals surface area contributed by atoms with E-state index >= 15 is 0 Å². The SMILES string of the molecule is CCNc1nc(C)cc(NCCc2cccc(OC)c2)n1. The minimum absolute atomic E-state index is 0.668. The van der Waals surface area contributed by atoms with Crippen LogP contribution < -0.4 is 15.4 Å². The summed E-state index contributed by atoms with van der Waals surface area (Å²) in [6.45, 7) is 5.62. The number of benzene rings is 1. The third kappa shape index (κ3) is 4.63. The van der Waals surface area contributed by atoms with Gasteiger partial charge in [-0.3, -0.25) is 0 Å². The molecule has 1 aromatic carbocycles. The van der Waals surface area contributed by atoms with Gasteiger partial charge in [0.2, 0.25) is 5.95 Å². The molecule has 0 fully saturated rings. The summed E-state index contributed by atoms with van der Waals surface area (Å²) in [6, 6.07) is 10.1. The molecule has 0 unspecified atom stereocenters. The fraction of sp³-hybridized carbons (Fsp3) is 0.375. The first-order valence-electron chi connectivity index (χ1n) is 7.17. The van der Waals surface area contributed by atoms with Crippen molar-refractivity contribution in [3.8, 4) is 5.75 Å². The number of hydrogen-bond acceptors (Lipinski definition) is 5. The molecule has 2 aromatic rings. The van der Waals surface area contributed by atoms with Crippen LogP contribution in [0.25, 0.3) is 0 Å². The number of nitrogens with one attached hydrogen (secondary N) is 2. The minimum atomic E-state index is 0.668. The van der Waals surface area contributed by atoms with E-state index in [2.05, 4.69) is 32.7 Å². The largest absolute Gasteiger partial charge is 0.497 e. The Balaban J connectivity index is 1.93. The van der Waals surface area contributed by atoms with E-state index in [1.165, 1.54) is 5.56 Å². The van der Waals surface area contributed by atoms with Crippen LogP contribution in [-0.2, 0) is 6.42 Å². The average molecular weight is 286 g/mol. The summed E-state index contributed by atoms with van der Waals surface area (Å²) in [5, 5.41) is 6.47. The van der Waals surface area contributed by atoms with Gasteiger partial charge in [-0.1, -0.05) is 12.1 Å². The van der Waals surface area contributed by atoms with E-state index in [1.807, 2.05) is 32.0 Å². The molecule has 0 spiro atoms. The number of anilines is 2. The van der Waals surface area contributed by atoms with E-state index in [1.54, 1.807) is 7.11 Å². The molecule has 0 atom stereocenters. The van der Waals surface area contributed by atoms with Crippen molar-refractivity contribution in [3.05, 3.63) is 41.6 Å². The Kier molecular flexibility index (Phi) is 5.37. The molecule has 0 aliphatic heterocycles. The molecule has 1 aromatic heterocycles. The molecule has 2 N–H and O–H groups in total. The maximum Gasteiger partial charge on any atom is 0.224 e. The van der Waals surface area contributed by atoms with Gasteiger partial charge >= 0.3 is 0 Å². The number of hydrogen-bond donors (Lipinski definition) is 2. The van der Waals surface area contributed by atoms with Crippen molar-refractivity contribution in [1.29, 1.82) is 0 Å². The zero-order chi connectivity index (χ0) is 15.1. The molecule has 112 valence electrons. The standard InChI is InChI=1S/C16H22N4O/c1-4-17-16-19-12(2)10-15(20-16)18-9-8-13-6-5-7-14(11-13)21-3/h5-7,10-11H,4,8-9H2,1-3H3,(H2,17,18,19,20). The lowest BCUT2D eigenvalue weighted by Crippen LogP contribution is -2.10. The number of nitrogens with zero attached hydrogens (tertiary/aromatic N) is 2. The summed E-state index contributed by atoms with van der Waals surface area (Å²) in [6.07, 6.45) is 0.913. The second-order valence-electron chi connectivity index (χ2n) is 4.78. The van der Waals surface area contributed by atoms with E-state index in [-0.39, 0.29) is 0 Å². The molecular formula is C16H22N4O. The zero-order valence-corrected chi connectivity index (χ0v) is 12.8. The van der Waals surface area contributed by atoms with Crippen LogP contribution in [0, 0.1) is 6.92 Å². The topological polar surface area (TPSA) is 59.1 Å². The Hall–Kier alpha value is -2.30. The van der Waals surface area contributed by atoms with Gasteiger partial charge in [0.15, 0.2) is 0 Å². The third-order valence-electron chi connectivity index (χ3n) is 3.04. The van der Waals surface area contributed by atoms with E-state index in [0.717, 1.165) is 36.8 Å². The molecule has 1 heterocycles. The third-order valence-corrected chi connectivity index (χ3v) is 3.04. The van der Waals surface area contributed by atoms with Crippen molar-refractivity contribution in [3.63, 3.8) is 0 Å². The predicted octanol–water partition coefficient (Wildman–Crippen LogP) is 2.88. The summed E-state index contributed by atoms with van der Waals surface area (Å²) in [7, 11) is 1.68. The summed E-state index contributed by atoms with van der Waals surface area (Å²) < 4.78 is 5.23. The summed E-state index contributed by atoms with van der Waals surface area (Å²) in [5.74, 6) is 2.41. The molecule has 0 saturated carbocycles. The Bertz CT molecular complexity index is 586. The molecule has 21 heavy (non-hydrogen) atoms. The fourth-order valence-electron chi connectivity index (χ4n) is 2.06. The van der Waals surface area contributed by atoms with Crippen LogP contribution in [0.5, 0.6) is 5.75 Å². The number of rotatable bonds is 7. The zero-order valence-electron chi connectivity index (χ0n) is 12.8. The molecule has 0 aliphatic rings. The molecule has 0 radical (unpaired) electrons. The van der Waals surface area contributed by atoms with Crippen LogP contribution >= 0.6 is 0 Å². The van der Waals surface area contributed by atoms with Crippen LogP contribution in [0.15, 0.2) is 30.3 Å². The van der Waals surface area contributed by atoms with Gasteiger partial charge in [-0.15, -0.1) is 0 Å². The Morgan fingerprint density at radius 2 is 2.00 bits per heavy atom. The van der Waals surface area contributed by atoms with Gasteiger partial charge < -0.3 is 15.4 Å². The molecule has 0 saturated heterocycles. The quantitative estimate of drug-likeness (QED) is 0.819. The molecule has 5 heteroatoms. The molecule has 0 bridgehead atoms. The smallest absolute Gasteiger partial charge is 0.224 e. The molecule has 0 amide bonds. The predicted molar refractivity (Wildman–Crippen MR) is 86.1 cm³/mol. The van der Waals surface area contributed by atoms with Crippen LogP contribution in [0.1, 0.15) is 18.2 Å². The highest BCUT2D eigenvalue weighted by Crippen LogP contribution is 2.14. The summed E-state index contributed by atoms with van der Waals surface area (Å²) in [5.41, 5.74) is 2.18. The number of aryl methyl sites for hydroxylation is 1. The van der Waals surface area contributed by atoms with Crippen molar-refractivity contribution in [2.24, 2.45) is 0 Å². The maximum atomic E-state index is 5.23. The average Bonchev–Trinajstić information content (AvgIpc) is 2.47. The first-order chi connectivity index (χ1) is 10.2.